The molecule has 0 aromatic carbocycles. The average Bonchev–Trinajstić information content (AvgIpc) is 2.24. The number of hydrogen-bond acceptors (Lipinski definition) is 4. The van der Waals surface area contributed by atoms with Crippen LogP contribution >= 0.6 is 0 Å². The number of hydrogen-bond donors (Lipinski definition) is 0. The van der Waals surface area contributed by atoms with Gasteiger partial charge in [0.2, 0.25) is 0 Å². The summed E-state index contributed by atoms with van der Waals surface area (Å²) in [5.41, 5.74) is 2.74. The quantitative estimate of drug-likeness (QED) is 0.440. The zero-order valence-electron chi connectivity index (χ0n) is 13.2. The molecule has 0 aromatic heterocycles. The van der Waals surface area contributed by atoms with Crippen molar-refractivity contribution in [3.8, 4) is 0 Å². The van der Waals surface area contributed by atoms with E-state index in [0.717, 1.165) is 25.7 Å². The zero-order chi connectivity index (χ0) is 15.3. The van der Waals surface area contributed by atoms with E-state index in [4.69, 9.17) is 9.47 Å². The minimum Gasteiger partial charge on any atom is -0.466 e. The van der Waals surface area contributed by atoms with Gasteiger partial charge in [0.15, 0.2) is 0 Å². The predicted octanol–water partition coefficient (Wildman–Crippen LogP) is 3.40. The zero-order valence-corrected chi connectivity index (χ0v) is 13.2. The molecule has 4 heteroatoms. The highest BCUT2D eigenvalue weighted by molar-refractivity contribution is 5.66. The third-order valence-corrected chi connectivity index (χ3v) is 3.81. The topological polar surface area (TPSA) is 52.6 Å². The fourth-order valence-corrected chi connectivity index (χ4v) is 3.14. The molecule has 0 saturated carbocycles. The Hall–Kier alpha value is -1.32. The highest BCUT2D eigenvalue weighted by Gasteiger charge is 2.34. The third kappa shape index (κ3) is 4.99. The molecular weight excluding hydrogens is 256 g/mol. The lowest BCUT2D eigenvalue weighted by Gasteiger charge is -2.38. The van der Waals surface area contributed by atoms with Gasteiger partial charge in [0.05, 0.1) is 6.61 Å². The summed E-state index contributed by atoms with van der Waals surface area (Å²) in [4.78, 5) is 21.8. The van der Waals surface area contributed by atoms with Crippen LogP contribution in [0, 0.1) is 5.41 Å². The summed E-state index contributed by atoms with van der Waals surface area (Å²) in [6, 6.07) is 0. The van der Waals surface area contributed by atoms with Crippen molar-refractivity contribution in [2.45, 2.75) is 66.4 Å². The van der Waals surface area contributed by atoms with Gasteiger partial charge in [-0.15, -0.1) is 0 Å². The maximum absolute atomic E-state index is 11.1. The van der Waals surface area contributed by atoms with Crippen molar-refractivity contribution in [3.05, 3.63) is 11.1 Å². The van der Waals surface area contributed by atoms with E-state index in [1.165, 1.54) is 25.0 Å². The Morgan fingerprint density at radius 1 is 1.25 bits per heavy atom. The van der Waals surface area contributed by atoms with Crippen LogP contribution < -0.4 is 0 Å². The molecule has 114 valence electrons. The van der Waals surface area contributed by atoms with Crippen LogP contribution in [-0.4, -0.2) is 24.6 Å². The largest absolute Gasteiger partial charge is 0.466 e. The summed E-state index contributed by atoms with van der Waals surface area (Å²) >= 11 is 0. The molecule has 0 spiro atoms. The second kappa shape index (κ2) is 6.91. The Morgan fingerprint density at radius 2 is 1.90 bits per heavy atom. The van der Waals surface area contributed by atoms with Crippen LogP contribution in [0.2, 0.25) is 0 Å². The molecule has 0 aliphatic heterocycles. The molecule has 1 aliphatic rings. The van der Waals surface area contributed by atoms with E-state index in [0.29, 0.717) is 6.61 Å². The van der Waals surface area contributed by atoms with E-state index in [2.05, 4.69) is 20.8 Å². The van der Waals surface area contributed by atoms with Crippen LogP contribution in [0.4, 0.5) is 0 Å². The average molecular weight is 282 g/mol. The van der Waals surface area contributed by atoms with Gasteiger partial charge < -0.3 is 9.47 Å². The molecule has 0 radical (unpaired) electrons. The van der Waals surface area contributed by atoms with Crippen LogP contribution in [0.25, 0.3) is 0 Å². The van der Waals surface area contributed by atoms with E-state index >= 15 is 0 Å². The molecule has 0 fully saturated rings. The smallest absolute Gasteiger partial charge is 0.302 e. The maximum Gasteiger partial charge on any atom is 0.302 e. The number of carbonyl (C=O) groups excluding carboxylic acids is 2. The van der Waals surface area contributed by atoms with E-state index in [1.54, 1.807) is 0 Å². The van der Waals surface area contributed by atoms with Crippen LogP contribution in [0.5, 0.6) is 0 Å². The lowest BCUT2D eigenvalue weighted by molar-refractivity contribution is -0.147. The molecule has 0 heterocycles. The normalized spacial score (nSPS) is 21.6. The highest BCUT2D eigenvalue weighted by atomic mass is 16.5. The number of esters is 2. The fraction of sp³-hybridized carbons (Fsp3) is 0.750. The van der Waals surface area contributed by atoms with Gasteiger partial charge in [0.1, 0.15) is 6.10 Å². The predicted molar refractivity (Wildman–Crippen MR) is 77.1 cm³/mol. The van der Waals surface area contributed by atoms with Crippen molar-refractivity contribution in [3.63, 3.8) is 0 Å². The van der Waals surface area contributed by atoms with Gasteiger partial charge in [-0.25, -0.2) is 0 Å². The Labute approximate surface area is 121 Å². The van der Waals surface area contributed by atoms with E-state index in [9.17, 15) is 9.59 Å². The summed E-state index contributed by atoms with van der Waals surface area (Å²) < 4.78 is 10.3. The van der Waals surface area contributed by atoms with Crippen molar-refractivity contribution in [1.82, 2.24) is 0 Å². The summed E-state index contributed by atoms with van der Waals surface area (Å²) in [5.74, 6) is -0.439. The number of allylic oxidation sites excluding steroid dienone is 1. The SMILES string of the molecule is CC(=O)OCCCC1=C(C)C[C@@H](OC(C)=O)CC1(C)C. The first-order valence-corrected chi connectivity index (χ1v) is 7.22. The highest BCUT2D eigenvalue weighted by Crippen LogP contribution is 2.43. The van der Waals surface area contributed by atoms with E-state index < -0.39 is 0 Å². The summed E-state index contributed by atoms with van der Waals surface area (Å²) in [5, 5.41) is 0. The molecular formula is C16H26O4. The molecule has 4 nitrogen and oxygen atoms in total. The first kappa shape index (κ1) is 16.7. The fourth-order valence-electron chi connectivity index (χ4n) is 3.14. The molecule has 0 amide bonds. The molecule has 1 atom stereocenters. The molecule has 0 N–H and O–H groups in total. The molecule has 1 rings (SSSR count). The summed E-state index contributed by atoms with van der Waals surface area (Å²) in [7, 11) is 0. The van der Waals surface area contributed by atoms with Gasteiger partial charge in [0, 0.05) is 20.3 Å². The lowest BCUT2D eigenvalue weighted by Crippen LogP contribution is -2.32. The number of ether oxygens (including phenoxy) is 2. The summed E-state index contributed by atoms with van der Waals surface area (Å²) in [6.07, 6.45) is 3.42. The van der Waals surface area contributed by atoms with Crippen molar-refractivity contribution in [1.29, 1.82) is 0 Å². The van der Waals surface area contributed by atoms with Gasteiger partial charge in [-0.05, 0) is 31.6 Å². The minimum absolute atomic E-state index is 0.0141. The molecule has 0 aromatic rings. The monoisotopic (exact) mass is 282 g/mol. The van der Waals surface area contributed by atoms with Crippen LogP contribution in [0.3, 0.4) is 0 Å². The minimum atomic E-state index is -0.228. The van der Waals surface area contributed by atoms with E-state index in [1.807, 2.05) is 0 Å². The van der Waals surface area contributed by atoms with E-state index in [-0.39, 0.29) is 23.5 Å². The lowest BCUT2D eigenvalue weighted by atomic mass is 9.70. The van der Waals surface area contributed by atoms with Gasteiger partial charge in [-0.1, -0.05) is 25.0 Å². The standard InChI is InChI=1S/C16H26O4/c1-11-9-14(20-13(3)18)10-16(4,5)15(11)7-6-8-19-12(2)17/h14H,6-10H2,1-5H3/t14-/m1/s1. The Balaban J connectivity index is 2.63. The van der Waals surface area contributed by atoms with Crippen molar-refractivity contribution in [2.24, 2.45) is 5.41 Å². The van der Waals surface area contributed by atoms with Crippen LogP contribution in [-0.2, 0) is 19.1 Å². The Kier molecular flexibility index (Phi) is 5.78. The molecule has 20 heavy (non-hydrogen) atoms. The second-order valence-corrected chi connectivity index (χ2v) is 6.23. The second-order valence-electron chi connectivity index (χ2n) is 6.23. The first-order valence-electron chi connectivity index (χ1n) is 7.22. The Morgan fingerprint density at radius 3 is 2.40 bits per heavy atom. The third-order valence-electron chi connectivity index (χ3n) is 3.81. The van der Waals surface area contributed by atoms with Crippen LogP contribution in [0.1, 0.15) is 60.3 Å². The van der Waals surface area contributed by atoms with Crippen molar-refractivity contribution in [2.75, 3.05) is 6.61 Å². The molecule has 0 saturated heterocycles. The number of rotatable bonds is 5. The maximum atomic E-state index is 11.1. The number of carbonyl (C=O) groups is 2. The van der Waals surface area contributed by atoms with Gasteiger partial charge in [-0.3, -0.25) is 9.59 Å². The van der Waals surface area contributed by atoms with Crippen molar-refractivity contribution < 1.29 is 19.1 Å². The van der Waals surface area contributed by atoms with Gasteiger partial charge in [-0.2, -0.15) is 0 Å². The first-order chi connectivity index (χ1) is 9.22. The van der Waals surface area contributed by atoms with Crippen LogP contribution in [0.15, 0.2) is 11.1 Å². The van der Waals surface area contributed by atoms with Crippen molar-refractivity contribution >= 4 is 11.9 Å². The molecule has 1 aliphatic carbocycles. The van der Waals surface area contributed by atoms with Gasteiger partial charge >= 0.3 is 11.9 Å². The Bertz CT molecular complexity index is 407. The molecule has 0 unspecified atom stereocenters. The summed E-state index contributed by atoms with van der Waals surface area (Å²) in [6.45, 7) is 9.84. The van der Waals surface area contributed by atoms with Gasteiger partial charge in [0.25, 0.3) is 0 Å². The molecule has 0 bridgehead atoms.